The second-order valence-electron chi connectivity index (χ2n) is 5.48. The van der Waals surface area contributed by atoms with Crippen molar-refractivity contribution in [2.45, 2.75) is 32.2 Å². The number of benzene rings is 1. The maximum Gasteiger partial charge on any atom is 0.254 e. The van der Waals surface area contributed by atoms with Crippen molar-refractivity contribution in [2.75, 3.05) is 0 Å². The minimum absolute atomic E-state index is 0.103. The van der Waals surface area contributed by atoms with Crippen molar-refractivity contribution in [1.82, 2.24) is 4.57 Å². The fourth-order valence-corrected chi connectivity index (χ4v) is 3.00. The molecule has 0 fully saturated rings. The second kappa shape index (κ2) is 5.56. The molecule has 1 aromatic carbocycles. The zero-order chi connectivity index (χ0) is 14.8. The highest BCUT2D eigenvalue weighted by atomic mass is 16.2. The van der Waals surface area contributed by atoms with Crippen LogP contribution in [-0.2, 0) is 19.4 Å². The summed E-state index contributed by atoms with van der Waals surface area (Å²) in [6.45, 7) is 0.656. The number of nitrogens with zero attached hydrogens (tertiary/aromatic N) is 1. The Morgan fingerprint density at radius 2 is 1.86 bits per heavy atom. The predicted octanol–water partition coefficient (Wildman–Crippen LogP) is 1.87. The zero-order valence-corrected chi connectivity index (χ0v) is 11.8. The number of hydrogen-bond acceptors (Lipinski definition) is 2. The van der Waals surface area contributed by atoms with Crippen LogP contribution in [0.5, 0.6) is 0 Å². The van der Waals surface area contributed by atoms with Gasteiger partial charge in [-0.05, 0) is 31.2 Å². The van der Waals surface area contributed by atoms with Gasteiger partial charge in [-0.3, -0.25) is 9.59 Å². The Bertz CT molecular complexity index is 732. The van der Waals surface area contributed by atoms with Crippen molar-refractivity contribution in [1.29, 1.82) is 0 Å². The van der Waals surface area contributed by atoms with Crippen molar-refractivity contribution >= 4 is 5.91 Å². The fourth-order valence-electron chi connectivity index (χ4n) is 3.00. The van der Waals surface area contributed by atoms with E-state index in [1.54, 1.807) is 6.20 Å². The number of hydrogen-bond donors (Lipinski definition) is 1. The van der Waals surface area contributed by atoms with Gasteiger partial charge in [0.15, 0.2) is 5.43 Å². The molecule has 0 saturated heterocycles. The fraction of sp³-hybridized carbons (Fsp3) is 0.294. The molecule has 1 amide bonds. The van der Waals surface area contributed by atoms with Gasteiger partial charge in [-0.25, -0.2) is 0 Å². The highest BCUT2D eigenvalue weighted by Gasteiger charge is 2.20. The first-order valence-corrected chi connectivity index (χ1v) is 7.25. The van der Waals surface area contributed by atoms with Crippen LogP contribution in [0.2, 0.25) is 0 Å². The smallest absolute Gasteiger partial charge is 0.254 e. The molecule has 0 saturated carbocycles. The number of carbonyl (C=O) groups is 1. The number of pyridine rings is 1. The summed E-state index contributed by atoms with van der Waals surface area (Å²) in [5, 5.41) is 0. The van der Waals surface area contributed by atoms with Gasteiger partial charge in [-0.15, -0.1) is 0 Å². The molecule has 1 heterocycles. The SMILES string of the molecule is NC(=O)c1cn(Cc2ccccc2)c2c(c1=O)CCCC2. The van der Waals surface area contributed by atoms with Gasteiger partial charge in [0.1, 0.15) is 5.56 Å². The molecule has 2 aromatic rings. The maximum atomic E-state index is 12.3. The Morgan fingerprint density at radius 1 is 1.14 bits per heavy atom. The first-order chi connectivity index (χ1) is 10.2. The summed E-state index contributed by atoms with van der Waals surface area (Å²) in [5.41, 5.74) is 8.25. The molecule has 0 unspecified atom stereocenters. The molecule has 0 aliphatic heterocycles. The Hall–Kier alpha value is -2.36. The molecule has 1 aliphatic carbocycles. The number of rotatable bonds is 3. The Kier molecular flexibility index (Phi) is 3.60. The standard InChI is InChI=1S/C17H18N2O2/c18-17(21)14-11-19(10-12-6-2-1-3-7-12)15-9-5-4-8-13(15)16(14)20/h1-3,6-7,11H,4-5,8-10H2,(H2,18,21). The molecule has 21 heavy (non-hydrogen) atoms. The lowest BCUT2D eigenvalue weighted by atomic mass is 9.93. The Labute approximate surface area is 123 Å². The summed E-state index contributed by atoms with van der Waals surface area (Å²) >= 11 is 0. The first-order valence-electron chi connectivity index (χ1n) is 7.25. The van der Waals surface area contributed by atoms with Gasteiger partial charge in [-0.1, -0.05) is 30.3 Å². The van der Waals surface area contributed by atoms with Crippen LogP contribution in [0.4, 0.5) is 0 Å². The minimum atomic E-state index is -0.643. The lowest BCUT2D eigenvalue weighted by Gasteiger charge is -2.22. The third-order valence-corrected chi connectivity index (χ3v) is 4.05. The van der Waals surface area contributed by atoms with Crippen LogP contribution in [0.15, 0.2) is 41.3 Å². The molecule has 3 rings (SSSR count). The Morgan fingerprint density at radius 3 is 2.57 bits per heavy atom. The molecule has 108 valence electrons. The average Bonchev–Trinajstić information content (AvgIpc) is 2.51. The summed E-state index contributed by atoms with van der Waals surface area (Å²) < 4.78 is 2.02. The van der Waals surface area contributed by atoms with Crippen LogP contribution in [0.1, 0.15) is 40.0 Å². The average molecular weight is 282 g/mol. The van der Waals surface area contributed by atoms with Crippen molar-refractivity contribution in [2.24, 2.45) is 5.73 Å². The van der Waals surface area contributed by atoms with E-state index >= 15 is 0 Å². The number of amides is 1. The monoisotopic (exact) mass is 282 g/mol. The van der Waals surface area contributed by atoms with E-state index < -0.39 is 5.91 Å². The first kappa shape index (κ1) is 13.6. The molecular weight excluding hydrogens is 264 g/mol. The van der Waals surface area contributed by atoms with Crippen molar-refractivity contribution in [3.8, 4) is 0 Å². The number of nitrogens with two attached hydrogens (primary N) is 1. The van der Waals surface area contributed by atoms with E-state index in [0.717, 1.165) is 42.5 Å². The molecule has 1 aliphatic rings. The summed E-state index contributed by atoms with van der Waals surface area (Å²) in [6, 6.07) is 10.0. The van der Waals surface area contributed by atoms with Gasteiger partial charge < -0.3 is 10.3 Å². The summed E-state index contributed by atoms with van der Waals surface area (Å²) in [5.74, 6) is -0.643. The van der Waals surface area contributed by atoms with Gasteiger partial charge in [0.05, 0.1) is 0 Å². The summed E-state index contributed by atoms with van der Waals surface area (Å²) in [7, 11) is 0. The van der Waals surface area contributed by atoms with Gasteiger partial charge in [0.25, 0.3) is 5.91 Å². The van der Waals surface area contributed by atoms with Crippen LogP contribution in [0, 0.1) is 0 Å². The van der Waals surface area contributed by atoms with Crippen molar-refractivity contribution in [3.05, 3.63) is 69.1 Å². The van der Waals surface area contributed by atoms with Crippen molar-refractivity contribution in [3.63, 3.8) is 0 Å². The lowest BCUT2D eigenvalue weighted by molar-refractivity contribution is 0.0998. The second-order valence-corrected chi connectivity index (χ2v) is 5.48. The van der Waals surface area contributed by atoms with Crippen molar-refractivity contribution < 1.29 is 4.79 Å². The highest BCUT2D eigenvalue weighted by molar-refractivity contribution is 5.92. The third-order valence-electron chi connectivity index (χ3n) is 4.05. The van der Waals surface area contributed by atoms with E-state index in [-0.39, 0.29) is 11.0 Å². The number of fused-ring (bicyclic) bond motifs is 1. The molecule has 4 nitrogen and oxygen atoms in total. The van der Waals surface area contributed by atoms with E-state index in [9.17, 15) is 9.59 Å². The van der Waals surface area contributed by atoms with Crippen LogP contribution >= 0.6 is 0 Å². The quantitative estimate of drug-likeness (QED) is 0.934. The number of primary amides is 1. The molecule has 1 aromatic heterocycles. The number of carbonyl (C=O) groups excluding carboxylic acids is 1. The summed E-state index contributed by atoms with van der Waals surface area (Å²) in [4.78, 5) is 23.9. The third kappa shape index (κ3) is 2.61. The van der Waals surface area contributed by atoms with Crippen LogP contribution in [0.3, 0.4) is 0 Å². The molecule has 0 radical (unpaired) electrons. The largest absolute Gasteiger partial charge is 0.365 e. The molecule has 2 N–H and O–H groups in total. The van der Waals surface area contributed by atoms with Crippen LogP contribution in [0.25, 0.3) is 0 Å². The zero-order valence-electron chi connectivity index (χ0n) is 11.8. The van der Waals surface area contributed by atoms with E-state index in [2.05, 4.69) is 0 Å². The highest BCUT2D eigenvalue weighted by Crippen LogP contribution is 2.20. The van der Waals surface area contributed by atoms with Crippen LogP contribution in [-0.4, -0.2) is 10.5 Å². The molecule has 4 heteroatoms. The predicted molar refractivity (Wildman–Crippen MR) is 81.4 cm³/mol. The molecular formula is C17H18N2O2. The van der Waals surface area contributed by atoms with Crippen LogP contribution < -0.4 is 11.2 Å². The van der Waals surface area contributed by atoms with E-state index in [0.29, 0.717) is 6.54 Å². The normalized spacial score (nSPS) is 13.7. The molecule has 0 spiro atoms. The van der Waals surface area contributed by atoms with E-state index in [1.165, 1.54) is 0 Å². The Balaban J connectivity index is 2.12. The van der Waals surface area contributed by atoms with Gasteiger partial charge in [0, 0.05) is 24.0 Å². The van der Waals surface area contributed by atoms with E-state index in [4.69, 9.17) is 5.73 Å². The maximum absolute atomic E-state index is 12.3. The van der Waals surface area contributed by atoms with Gasteiger partial charge in [-0.2, -0.15) is 0 Å². The topological polar surface area (TPSA) is 65.1 Å². The van der Waals surface area contributed by atoms with Gasteiger partial charge in [0.2, 0.25) is 0 Å². The van der Waals surface area contributed by atoms with Gasteiger partial charge >= 0.3 is 0 Å². The minimum Gasteiger partial charge on any atom is -0.365 e. The van der Waals surface area contributed by atoms with E-state index in [1.807, 2.05) is 34.9 Å². The number of aromatic nitrogens is 1. The lowest BCUT2D eigenvalue weighted by Crippen LogP contribution is -2.30. The summed E-state index contributed by atoms with van der Waals surface area (Å²) in [6.07, 6.45) is 5.33. The molecule has 0 atom stereocenters. The molecule has 0 bridgehead atoms.